The molecule has 3 rings (SSSR count). The molecule has 0 aliphatic carbocycles. The maximum absolute atomic E-state index is 14.1. The number of carbonyl (C=O) groups is 1. The Morgan fingerprint density at radius 3 is 2.65 bits per heavy atom. The summed E-state index contributed by atoms with van der Waals surface area (Å²) in [5, 5.41) is 7.66. The monoisotopic (exact) mass is 435 g/mol. The van der Waals surface area contributed by atoms with Crippen molar-refractivity contribution < 1.29 is 9.18 Å². The molecule has 4 nitrogen and oxygen atoms in total. The molecule has 0 atom stereocenters. The molecule has 1 aromatic heterocycles. The Hall–Kier alpha value is -2.18. The van der Waals surface area contributed by atoms with Crippen LogP contribution in [0.15, 0.2) is 46.9 Å². The van der Waals surface area contributed by atoms with E-state index in [4.69, 9.17) is 11.6 Å². The summed E-state index contributed by atoms with van der Waals surface area (Å²) < 4.78 is 16.4. The van der Waals surface area contributed by atoms with Crippen LogP contribution in [-0.2, 0) is 6.54 Å². The molecule has 0 spiro atoms. The number of rotatable bonds is 4. The zero-order valence-electron chi connectivity index (χ0n) is 14.2. The summed E-state index contributed by atoms with van der Waals surface area (Å²) in [7, 11) is 0. The Kier molecular flexibility index (Phi) is 5.44. The third kappa shape index (κ3) is 3.66. The molecule has 2 aromatic carbocycles. The van der Waals surface area contributed by atoms with Gasteiger partial charge < -0.3 is 5.32 Å². The van der Waals surface area contributed by atoms with Gasteiger partial charge in [-0.25, -0.2) is 4.39 Å². The van der Waals surface area contributed by atoms with Gasteiger partial charge in [-0.2, -0.15) is 5.10 Å². The third-order valence-corrected chi connectivity index (χ3v) is 5.15. The molecule has 0 bridgehead atoms. The number of hydrogen-bond donors (Lipinski definition) is 1. The zero-order chi connectivity index (χ0) is 18.8. The van der Waals surface area contributed by atoms with Crippen molar-refractivity contribution in [3.8, 4) is 0 Å². The summed E-state index contributed by atoms with van der Waals surface area (Å²) in [5.74, 6) is -0.629. The maximum atomic E-state index is 14.1. The van der Waals surface area contributed by atoms with Crippen LogP contribution in [0.5, 0.6) is 0 Å². The lowest BCUT2D eigenvalue weighted by Gasteiger charge is -2.09. The number of hydrogen-bond acceptors (Lipinski definition) is 2. The second kappa shape index (κ2) is 7.60. The van der Waals surface area contributed by atoms with E-state index in [1.165, 1.54) is 6.07 Å². The van der Waals surface area contributed by atoms with E-state index < -0.39 is 0 Å². The molecule has 0 saturated carbocycles. The number of aryl methyl sites for hydroxylation is 1. The van der Waals surface area contributed by atoms with Crippen molar-refractivity contribution in [2.24, 2.45) is 0 Å². The van der Waals surface area contributed by atoms with Crippen LogP contribution in [0.1, 0.15) is 27.3 Å². The minimum Gasteiger partial charge on any atom is -0.319 e. The molecule has 0 aliphatic rings. The highest BCUT2D eigenvalue weighted by Crippen LogP contribution is 2.25. The molecule has 0 saturated heterocycles. The van der Waals surface area contributed by atoms with E-state index in [1.807, 2.05) is 13.0 Å². The molecule has 3 aromatic rings. The number of anilines is 1. The highest BCUT2D eigenvalue weighted by molar-refractivity contribution is 9.10. The fraction of sp³-hybridized carbons (Fsp3) is 0.158. The van der Waals surface area contributed by atoms with Gasteiger partial charge >= 0.3 is 0 Å². The molecule has 0 fully saturated rings. The van der Waals surface area contributed by atoms with E-state index in [-0.39, 0.29) is 18.3 Å². The average molecular weight is 437 g/mol. The fourth-order valence-corrected chi connectivity index (χ4v) is 3.38. The fourth-order valence-electron chi connectivity index (χ4n) is 2.69. The van der Waals surface area contributed by atoms with Gasteiger partial charge in [-0.3, -0.25) is 9.48 Å². The highest BCUT2D eigenvalue weighted by Gasteiger charge is 2.18. The largest absolute Gasteiger partial charge is 0.319 e. The Morgan fingerprint density at radius 1 is 1.23 bits per heavy atom. The van der Waals surface area contributed by atoms with Crippen molar-refractivity contribution in [3.63, 3.8) is 0 Å². The Morgan fingerprint density at radius 2 is 1.96 bits per heavy atom. The van der Waals surface area contributed by atoms with Crippen molar-refractivity contribution in [2.75, 3.05) is 5.32 Å². The molecule has 0 unspecified atom stereocenters. The number of halogens is 3. The van der Waals surface area contributed by atoms with Gasteiger partial charge in [0.05, 0.1) is 29.2 Å². The molecule has 0 aliphatic heterocycles. The first-order chi connectivity index (χ1) is 12.4. The standard InChI is InChI=1S/C19H16BrClFN3O/c1-11-18(23-19(26)13-6-3-4-7-15(13)20)12(2)25(24-11)10-14-16(21)8-5-9-17(14)22/h3-9H,10H2,1-2H3,(H,23,26). The predicted octanol–water partition coefficient (Wildman–Crippen LogP) is 5.36. The summed E-state index contributed by atoms with van der Waals surface area (Å²) in [4.78, 5) is 12.6. The van der Waals surface area contributed by atoms with Crippen LogP contribution in [0, 0.1) is 19.7 Å². The molecule has 26 heavy (non-hydrogen) atoms. The molecule has 1 N–H and O–H groups in total. The number of nitrogens with zero attached hydrogens (tertiary/aromatic N) is 2. The topological polar surface area (TPSA) is 46.9 Å². The Balaban J connectivity index is 1.89. The minimum atomic E-state index is -0.385. The molecule has 1 amide bonds. The van der Waals surface area contributed by atoms with Gasteiger partial charge in [0.25, 0.3) is 5.91 Å². The Bertz CT molecular complexity index is 967. The normalized spacial score (nSPS) is 10.8. The van der Waals surface area contributed by atoms with Crippen LogP contribution in [0.2, 0.25) is 5.02 Å². The van der Waals surface area contributed by atoms with Crippen LogP contribution in [0.4, 0.5) is 10.1 Å². The van der Waals surface area contributed by atoms with E-state index in [1.54, 1.807) is 41.9 Å². The van der Waals surface area contributed by atoms with Crippen molar-refractivity contribution in [1.82, 2.24) is 9.78 Å². The van der Waals surface area contributed by atoms with Crippen LogP contribution < -0.4 is 5.32 Å². The second-order valence-corrected chi connectivity index (χ2v) is 7.10. The number of nitrogens with one attached hydrogen (secondary N) is 1. The van der Waals surface area contributed by atoms with E-state index in [2.05, 4.69) is 26.3 Å². The predicted molar refractivity (Wildman–Crippen MR) is 104 cm³/mol. The maximum Gasteiger partial charge on any atom is 0.256 e. The zero-order valence-corrected chi connectivity index (χ0v) is 16.5. The van der Waals surface area contributed by atoms with Crippen LogP contribution in [0.3, 0.4) is 0 Å². The minimum absolute atomic E-state index is 0.184. The van der Waals surface area contributed by atoms with Crippen LogP contribution >= 0.6 is 27.5 Å². The second-order valence-electron chi connectivity index (χ2n) is 5.84. The van der Waals surface area contributed by atoms with E-state index in [9.17, 15) is 9.18 Å². The Labute approximate surface area is 164 Å². The highest BCUT2D eigenvalue weighted by atomic mass is 79.9. The average Bonchev–Trinajstić information content (AvgIpc) is 2.86. The quantitative estimate of drug-likeness (QED) is 0.599. The van der Waals surface area contributed by atoms with Gasteiger partial charge in [-0.15, -0.1) is 0 Å². The van der Waals surface area contributed by atoms with Gasteiger partial charge in [0.1, 0.15) is 5.82 Å². The first-order valence-corrected chi connectivity index (χ1v) is 9.08. The van der Waals surface area contributed by atoms with Gasteiger partial charge in [-0.05, 0) is 54.0 Å². The van der Waals surface area contributed by atoms with Crippen molar-refractivity contribution >= 4 is 39.1 Å². The number of carbonyl (C=O) groups excluding carboxylic acids is 1. The molecule has 134 valence electrons. The number of aromatic nitrogens is 2. The number of amides is 1. The number of benzene rings is 2. The van der Waals surface area contributed by atoms with Crippen LogP contribution in [0.25, 0.3) is 0 Å². The lowest BCUT2D eigenvalue weighted by molar-refractivity contribution is 0.102. The van der Waals surface area contributed by atoms with Crippen molar-refractivity contribution in [1.29, 1.82) is 0 Å². The van der Waals surface area contributed by atoms with Gasteiger partial charge in [0.2, 0.25) is 0 Å². The third-order valence-electron chi connectivity index (χ3n) is 4.11. The van der Waals surface area contributed by atoms with E-state index in [0.29, 0.717) is 32.0 Å². The van der Waals surface area contributed by atoms with Crippen molar-refractivity contribution in [2.45, 2.75) is 20.4 Å². The summed E-state index contributed by atoms with van der Waals surface area (Å²) in [6.45, 7) is 3.80. The van der Waals surface area contributed by atoms with Crippen molar-refractivity contribution in [3.05, 3.63) is 80.3 Å². The molecule has 0 radical (unpaired) electrons. The smallest absolute Gasteiger partial charge is 0.256 e. The molecule has 1 heterocycles. The van der Waals surface area contributed by atoms with E-state index in [0.717, 1.165) is 5.69 Å². The SMILES string of the molecule is Cc1nn(Cc2c(F)cccc2Cl)c(C)c1NC(=O)c1ccccc1Br. The summed E-state index contributed by atoms with van der Waals surface area (Å²) in [5.41, 5.74) is 2.87. The summed E-state index contributed by atoms with van der Waals surface area (Å²) in [6, 6.07) is 11.7. The lowest BCUT2D eigenvalue weighted by Crippen LogP contribution is -2.14. The van der Waals surface area contributed by atoms with Gasteiger partial charge in [0.15, 0.2) is 0 Å². The van der Waals surface area contributed by atoms with Gasteiger partial charge in [0, 0.05) is 15.1 Å². The molecule has 7 heteroatoms. The molecular formula is C19H16BrClFN3O. The first kappa shape index (κ1) is 18.6. The summed E-state index contributed by atoms with van der Waals surface area (Å²) >= 11 is 9.48. The lowest BCUT2D eigenvalue weighted by atomic mass is 10.2. The summed E-state index contributed by atoms with van der Waals surface area (Å²) in [6.07, 6.45) is 0. The first-order valence-electron chi connectivity index (χ1n) is 7.91. The molecular weight excluding hydrogens is 421 g/mol. The van der Waals surface area contributed by atoms with Crippen LogP contribution in [-0.4, -0.2) is 15.7 Å². The van der Waals surface area contributed by atoms with E-state index >= 15 is 0 Å². The van der Waals surface area contributed by atoms with Gasteiger partial charge in [-0.1, -0.05) is 29.8 Å².